The van der Waals surface area contributed by atoms with E-state index in [1.807, 2.05) is 13.8 Å². The molecule has 1 atom stereocenters. The lowest BCUT2D eigenvalue weighted by Gasteiger charge is -2.13. The van der Waals surface area contributed by atoms with Gasteiger partial charge in [-0.15, -0.1) is 0 Å². The largest absolute Gasteiger partial charge is 0.481 e. The molecule has 102 valence electrons. The molecule has 3 nitrogen and oxygen atoms in total. The summed E-state index contributed by atoms with van der Waals surface area (Å²) in [7, 11) is 0. The minimum absolute atomic E-state index is 0.0614. The Morgan fingerprint density at radius 1 is 1.47 bits per heavy atom. The van der Waals surface area contributed by atoms with Crippen molar-refractivity contribution in [3.63, 3.8) is 0 Å². The summed E-state index contributed by atoms with van der Waals surface area (Å²) in [6.07, 6.45) is -1.21. The van der Waals surface area contributed by atoms with E-state index < -0.39 is 17.9 Å². The van der Waals surface area contributed by atoms with E-state index in [2.05, 4.69) is 11.8 Å². The molecule has 0 heterocycles. The molecule has 5 heteroatoms. The molecule has 1 aromatic carbocycles. The van der Waals surface area contributed by atoms with Gasteiger partial charge in [0.05, 0.1) is 6.42 Å². The number of carboxylic acid groups (broad SMARTS) is 1. The molecule has 19 heavy (non-hydrogen) atoms. The summed E-state index contributed by atoms with van der Waals surface area (Å²) in [4.78, 5) is 10.7. The zero-order valence-corrected chi connectivity index (χ0v) is 11.4. The van der Waals surface area contributed by atoms with Gasteiger partial charge in [-0.2, -0.15) is 0 Å². The van der Waals surface area contributed by atoms with E-state index >= 15 is 0 Å². The van der Waals surface area contributed by atoms with Gasteiger partial charge in [0, 0.05) is 10.9 Å². The third-order valence-electron chi connectivity index (χ3n) is 2.06. The van der Waals surface area contributed by atoms with Gasteiger partial charge in [-0.25, -0.2) is 4.39 Å². The molecule has 1 unspecified atom stereocenters. The highest BCUT2D eigenvalue weighted by atomic mass is 35.5. The van der Waals surface area contributed by atoms with Crippen molar-refractivity contribution in [2.75, 3.05) is 0 Å². The van der Waals surface area contributed by atoms with E-state index in [0.717, 1.165) is 6.07 Å². The number of carbonyl (C=O) groups is 1. The Kier molecular flexibility index (Phi) is 5.65. The maximum atomic E-state index is 13.5. The van der Waals surface area contributed by atoms with E-state index in [1.54, 1.807) is 0 Å². The molecule has 0 fully saturated rings. The van der Waals surface area contributed by atoms with Gasteiger partial charge in [-0.1, -0.05) is 37.3 Å². The van der Waals surface area contributed by atoms with Crippen LogP contribution in [0.2, 0.25) is 5.02 Å². The van der Waals surface area contributed by atoms with Crippen molar-refractivity contribution in [3.05, 3.63) is 29.0 Å². The van der Waals surface area contributed by atoms with Crippen LogP contribution in [0, 0.1) is 23.6 Å². The first-order chi connectivity index (χ1) is 8.88. The molecule has 1 rings (SSSR count). The number of aliphatic carboxylic acids is 1. The molecule has 0 saturated heterocycles. The van der Waals surface area contributed by atoms with Gasteiger partial charge in [0.25, 0.3) is 0 Å². The Morgan fingerprint density at radius 2 is 2.16 bits per heavy atom. The van der Waals surface area contributed by atoms with Gasteiger partial charge >= 0.3 is 5.97 Å². The van der Waals surface area contributed by atoms with E-state index in [9.17, 15) is 9.18 Å². The van der Waals surface area contributed by atoms with Crippen molar-refractivity contribution in [1.29, 1.82) is 0 Å². The SMILES string of the molecule is CC(C)C#CC(CC(=O)O)Oc1ccc(Cl)cc1F. The lowest BCUT2D eigenvalue weighted by Crippen LogP contribution is -2.19. The Hall–Kier alpha value is -1.73. The van der Waals surface area contributed by atoms with E-state index in [1.165, 1.54) is 12.1 Å². The van der Waals surface area contributed by atoms with Gasteiger partial charge in [-0.3, -0.25) is 4.79 Å². The lowest BCUT2D eigenvalue weighted by molar-refractivity contribution is -0.138. The van der Waals surface area contributed by atoms with Crippen LogP contribution in [0.15, 0.2) is 18.2 Å². The maximum absolute atomic E-state index is 13.5. The molecular weight excluding hydrogens is 271 g/mol. The Balaban J connectivity index is 2.88. The summed E-state index contributed by atoms with van der Waals surface area (Å²) in [6.45, 7) is 3.74. The number of halogens is 2. The van der Waals surface area contributed by atoms with Gasteiger partial charge in [0.1, 0.15) is 0 Å². The summed E-state index contributed by atoms with van der Waals surface area (Å²) in [5, 5.41) is 9.02. The predicted molar refractivity (Wildman–Crippen MR) is 70.7 cm³/mol. The molecule has 0 spiro atoms. The lowest BCUT2D eigenvalue weighted by atomic mass is 10.2. The fourth-order valence-corrected chi connectivity index (χ4v) is 1.42. The molecule has 0 aliphatic rings. The van der Waals surface area contributed by atoms with Crippen LogP contribution in [-0.4, -0.2) is 17.2 Å². The fraction of sp³-hybridized carbons (Fsp3) is 0.357. The first-order valence-corrected chi connectivity index (χ1v) is 6.11. The Bertz CT molecular complexity index is 517. The zero-order valence-electron chi connectivity index (χ0n) is 10.6. The van der Waals surface area contributed by atoms with Gasteiger partial charge in [-0.05, 0) is 18.2 Å². The number of hydrogen-bond donors (Lipinski definition) is 1. The summed E-state index contributed by atoms with van der Waals surface area (Å²) in [5.74, 6) is 3.82. The summed E-state index contributed by atoms with van der Waals surface area (Å²) >= 11 is 5.62. The first-order valence-electron chi connectivity index (χ1n) is 5.73. The van der Waals surface area contributed by atoms with Crippen LogP contribution >= 0.6 is 11.6 Å². The van der Waals surface area contributed by atoms with Crippen LogP contribution in [0.3, 0.4) is 0 Å². The average Bonchev–Trinajstić information content (AvgIpc) is 2.28. The van der Waals surface area contributed by atoms with Crippen LogP contribution in [0.4, 0.5) is 4.39 Å². The van der Waals surface area contributed by atoms with Crippen molar-refractivity contribution in [3.8, 4) is 17.6 Å². The number of benzene rings is 1. The first kappa shape index (κ1) is 15.3. The van der Waals surface area contributed by atoms with Crippen molar-refractivity contribution in [2.24, 2.45) is 5.92 Å². The highest BCUT2D eigenvalue weighted by molar-refractivity contribution is 6.30. The molecule has 0 radical (unpaired) electrons. The van der Waals surface area contributed by atoms with Crippen molar-refractivity contribution < 1.29 is 19.0 Å². The van der Waals surface area contributed by atoms with Gasteiger partial charge in [0.2, 0.25) is 0 Å². The van der Waals surface area contributed by atoms with E-state index in [-0.39, 0.29) is 23.1 Å². The molecule has 0 saturated carbocycles. The van der Waals surface area contributed by atoms with Gasteiger partial charge < -0.3 is 9.84 Å². The quantitative estimate of drug-likeness (QED) is 0.863. The number of ether oxygens (including phenoxy) is 1. The number of rotatable bonds is 4. The Labute approximate surface area is 116 Å². The molecule has 0 bridgehead atoms. The van der Waals surface area contributed by atoms with Crippen LogP contribution < -0.4 is 4.74 Å². The molecule has 0 aliphatic carbocycles. The standard InChI is InChI=1S/C14H14ClFO3/c1-9(2)3-5-11(8-14(17)18)19-13-6-4-10(15)7-12(13)16/h4,6-7,9,11H,8H2,1-2H3,(H,17,18). The second-order valence-corrected chi connectivity index (χ2v) is 4.66. The maximum Gasteiger partial charge on any atom is 0.308 e. The van der Waals surface area contributed by atoms with E-state index in [0.29, 0.717) is 0 Å². The summed E-state index contributed by atoms with van der Waals surface area (Å²) in [5.41, 5.74) is 0. The minimum atomic E-state index is -1.06. The molecule has 0 amide bonds. The zero-order chi connectivity index (χ0) is 14.4. The second-order valence-electron chi connectivity index (χ2n) is 4.22. The van der Waals surface area contributed by atoms with Crippen molar-refractivity contribution in [2.45, 2.75) is 26.4 Å². The smallest absolute Gasteiger partial charge is 0.308 e. The molecular formula is C14H14ClFO3. The average molecular weight is 285 g/mol. The topological polar surface area (TPSA) is 46.5 Å². The minimum Gasteiger partial charge on any atom is -0.481 e. The molecule has 1 N–H and O–H groups in total. The predicted octanol–water partition coefficient (Wildman–Crippen LogP) is 3.36. The third-order valence-corrected chi connectivity index (χ3v) is 2.29. The normalized spacial score (nSPS) is 11.6. The summed E-state index contributed by atoms with van der Waals surface area (Å²) < 4.78 is 18.8. The van der Waals surface area contributed by atoms with Gasteiger partial charge in [0.15, 0.2) is 17.7 Å². The molecule has 0 aromatic heterocycles. The van der Waals surface area contributed by atoms with Crippen LogP contribution in [-0.2, 0) is 4.79 Å². The van der Waals surface area contributed by atoms with Crippen LogP contribution in [0.5, 0.6) is 5.75 Å². The van der Waals surface area contributed by atoms with Crippen LogP contribution in [0.1, 0.15) is 20.3 Å². The molecule has 0 aliphatic heterocycles. The van der Waals surface area contributed by atoms with Crippen LogP contribution in [0.25, 0.3) is 0 Å². The fourth-order valence-electron chi connectivity index (χ4n) is 1.26. The third kappa shape index (κ3) is 5.62. The monoisotopic (exact) mass is 284 g/mol. The summed E-state index contributed by atoms with van der Waals surface area (Å²) in [6, 6.07) is 3.92. The Morgan fingerprint density at radius 3 is 2.68 bits per heavy atom. The molecule has 1 aromatic rings. The van der Waals surface area contributed by atoms with E-state index in [4.69, 9.17) is 21.4 Å². The second kappa shape index (κ2) is 7.01. The highest BCUT2D eigenvalue weighted by Crippen LogP contribution is 2.22. The van der Waals surface area contributed by atoms with Crippen molar-refractivity contribution in [1.82, 2.24) is 0 Å². The van der Waals surface area contributed by atoms with Crippen molar-refractivity contribution >= 4 is 17.6 Å². The number of hydrogen-bond acceptors (Lipinski definition) is 2. The highest BCUT2D eigenvalue weighted by Gasteiger charge is 2.15. The number of carboxylic acids is 1.